The van der Waals surface area contributed by atoms with Crippen molar-refractivity contribution < 1.29 is 4.79 Å². The first-order chi connectivity index (χ1) is 12.0. The van der Waals surface area contributed by atoms with Gasteiger partial charge in [-0.15, -0.1) is 21.5 Å². The molecule has 0 radical (unpaired) electrons. The Bertz CT molecular complexity index is 780. The van der Waals surface area contributed by atoms with Crippen LogP contribution in [-0.2, 0) is 19.5 Å². The Kier molecular flexibility index (Phi) is 4.37. The third-order valence-corrected chi connectivity index (χ3v) is 6.31. The molecule has 2 atom stereocenters. The minimum Gasteiger partial charge on any atom is -0.347 e. The van der Waals surface area contributed by atoms with Crippen LogP contribution in [0.15, 0.2) is 11.4 Å². The Labute approximate surface area is 152 Å². The van der Waals surface area contributed by atoms with E-state index >= 15 is 0 Å². The Hall–Kier alpha value is -1.73. The van der Waals surface area contributed by atoms with Crippen LogP contribution in [0.2, 0.25) is 0 Å². The number of carbonyl (C=O) groups is 1. The number of aromatic nitrogens is 3. The summed E-state index contributed by atoms with van der Waals surface area (Å²) in [6.45, 7) is 10.2. The van der Waals surface area contributed by atoms with Gasteiger partial charge in [-0.2, -0.15) is 0 Å². The molecule has 2 unspecified atom stereocenters. The van der Waals surface area contributed by atoms with Crippen molar-refractivity contribution >= 4 is 17.2 Å². The van der Waals surface area contributed by atoms with E-state index in [1.165, 1.54) is 10.4 Å². The minimum absolute atomic E-state index is 0.104. The lowest BCUT2D eigenvalue weighted by molar-refractivity contribution is 0.0924. The number of nitrogens with one attached hydrogen (secondary N) is 1. The summed E-state index contributed by atoms with van der Waals surface area (Å²) in [6, 6.07) is 2.30. The van der Waals surface area contributed by atoms with Gasteiger partial charge in [0.25, 0.3) is 5.91 Å². The molecule has 7 heteroatoms. The van der Waals surface area contributed by atoms with Crippen molar-refractivity contribution in [1.29, 1.82) is 0 Å². The van der Waals surface area contributed by atoms with Gasteiger partial charge in [0.1, 0.15) is 5.82 Å². The van der Waals surface area contributed by atoms with E-state index in [-0.39, 0.29) is 11.9 Å². The van der Waals surface area contributed by atoms with E-state index in [2.05, 4.69) is 38.8 Å². The molecule has 0 bridgehead atoms. The first-order valence-electron chi connectivity index (χ1n) is 8.99. The van der Waals surface area contributed by atoms with Crippen LogP contribution < -0.4 is 5.32 Å². The predicted molar refractivity (Wildman–Crippen MR) is 97.6 cm³/mol. The fourth-order valence-electron chi connectivity index (χ4n) is 4.01. The highest BCUT2D eigenvalue weighted by molar-refractivity contribution is 7.10. The van der Waals surface area contributed by atoms with Crippen molar-refractivity contribution in [1.82, 2.24) is 25.0 Å². The maximum Gasteiger partial charge on any atom is 0.289 e. The highest BCUT2D eigenvalue weighted by atomic mass is 32.1. The van der Waals surface area contributed by atoms with E-state index in [4.69, 9.17) is 0 Å². The van der Waals surface area contributed by atoms with Crippen molar-refractivity contribution in [3.05, 3.63) is 33.5 Å². The third kappa shape index (κ3) is 3.22. The van der Waals surface area contributed by atoms with Gasteiger partial charge in [-0.05, 0) is 49.6 Å². The van der Waals surface area contributed by atoms with Gasteiger partial charge in [0.15, 0.2) is 0 Å². The van der Waals surface area contributed by atoms with E-state index in [1.807, 2.05) is 29.8 Å². The normalized spacial score (nSPS) is 22.9. The van der Waals surface area contributed by atoms with E-state index < -0.39 is 0 Å². The summed E-state index contributed by atoms with van der Waals surface area (Å²) in [5.74, 6) is 2.52. The number of carbonyl (C=O) groups excluding carboxylic acids is 1. The Morgan fingerprint density at radius 2 is 2.12 bits per heavy atom. The summed E-state index contributed by atoms with van der Waals surface area (Å²) in [4.78, 5) is 16.4. The van der Waals surface area contributed by atoms with Gasteiger partial charge in [0.2, 0.25) is 5.82 Å². The SMILES string of the molecule is Cc1ccsc1CN1CC2Cc3nnc(C(=O)NC(C)C)n3CC2C1. The molecule has 1 fully saturated rings. The van der Waals surface area contributed by atoms with Crippen LogP contribution in [0.25, 0.3) is 0 Å². The molecule has 0 saturated carbocycles. The number of hydrogen-bond acceptors (Lipinski definition) is 5. The molecule has 0 spiro atoms. The van der Waals surface area contributed by atoms with E-state index in [1.54, 1.807) is 0 Å². The second-order valence-corrected chi connectivity index (χ2v) is 8.62. The van der Waals surface area contributed by atoms with Crippen LogP contribution in [0.5, 0.6) is 0 Å². The molecule has 25 heavy (non-hydrogen) atoms. The minimum atomic E-state index is -0.115. The van der Waals surface area contributed by atoms with Crippen LogP contribution in [0.1, 0.15) is 40.7 Å². The molecule has 1 N–H and O–H groups in total. The van der Waals surface area contributed by atoms with Gasteiger partial charge in [-0.1, -0.05) is 0 Å². The van der Waals surface area contributed by atoms with Gasteiger partial charge in [-0.25, -0.2) is 0 Å². The second-order valence-electron chi connectivity index (χ2n) is 7.62. The molecule has 6 nitrogen and oxygen atoms in total. The topological polar surface area (TPSA) is 63.1 Å². The fourth-order valence-corrected chi connectivity index (χ4v) is 4.96. The summed E-state index contributed by atoms with van der Waals surface area (Å²) in [5.41, 5.74) is 1.39. The first kappa shape index (κ1) is 16.7. The smallest absolute Gasteiger partial charge is 0.289 e. The second kappa shape index (κ2) is 6.53. The van der Waals surface area contributed by atoms with Gasteiger partial charge in [0.05, 0.1) is 0 Å². The molecule has 2 aliphatic heterocycles. The lowest BCUT2D eigenvalue weighted by Crippen LogP contribution is -2.35. The van der Waals surface area contributed by atoms with Crippen LogP contribution >= 0.6 is 11.3 Å². The summed E-state index contributed by atoms with van der Waals surface area (Å²) in [5, 5.41) is 13.6. The lowest BCUT2D eigenvalue weighted by Gasteiger charge is -2.25. The summed E-state index contributed by atoms with van der Waals surface area (Å²) in [7, 11) is 0. The highest BCUT2D eigenvalue weighted by Gasteiger charge is 2.39. The number of aryl methyl sites for hydroxylation is 1. The third-order valence-electron chi connectivity index (χ3n) is 5.30. The molecule has 0 aromatic carbocycles. The molecule has 2 aliphatic rings. The molecule has 1 amide bonds. The largest absolute Gasteiger partial charge is 0.347 e. The summed E-state index contributed by atoms with van der Waals surface area (Å²) < 4.78 is 2.04. The van der Waals surface area contributed by atoms with Crippen molar-refractivity contribution in [2.24, 2.45) is 11.8 Å². The average molecular weight is 359 g/mol. The Morgan fingerprint density at radius 1 is 1.32 bits per heavy atom. The Morgan fingerprint density at radius 3 is 2.84 bits per heavy atom. The van der Waals surface area contributed by atoms with Gasteiger partial charge in [0, 0.05) is 43.5 Å². The van der Waals surface area contributed by atoms with Crippen LogP contribution in [0.3, 0.4) is 0 Å². The Balaban J connectivity index is 1.46. The number of nitrogens with zero attached hydrogens (tertiary/aromatic N) is 4. The molecule has 0 aliphatic carbocycles. The number of fused-ring (bicyclic) bond motifs is 2. The van der Waals surface area contributed by atoms with Crippen LogP contribution in [0.4, 0.5) is 0 Å². The predicted octanol–water partition coefficient (Wildman–Crippen LogP) is 2.09. The maximum absolute atomic E-state index is 12.4. The maximum atomic E-state index is 12.4. The zero-order valence-electron chi connectivity index (χ0n) is 15.0. The summed E-state index contributed by atoms with van der Waals surface area (Å²) in [6.07, 6.45) is 0.923. The lowest BCUT2D eigenvalue weighted by atomic mass is 9.89. The monoisotopic (exact) mass is 359 g/mol. The molecule has 1 saturated heterocycles. The molecule has 2 aromatic rings. The van der Waals surface area contributed by atoms with Crippen molar-refractivity contribution in [2.75, 3.05) is 13.1 Å². The fraction of sp³-hybridized carbons (Fsp3) is 0.611. The molecular weight excluding hydrogens is 334 g/mol. The van der Waals surface area contributed by atoms with Gasteiger partial charge in [-0.3, -0.25) is 9.69 Å². The molecule has 134 valence electrons. The standard InChI is InChI=1S/C18H25N5OS/c1-11(2)19-18(24)17-21-20-16-6-13-7-22(8-14(13)9-23(16)17)10-15-12(3)4-5-25-15/h4-5,11,13-14H,6-10H2,1-3H3,(H,19,24). The van der Waals surface area contributed by atoms with E-state index in [9.17, 15) is 4.79 Å². The zero-order chi connectivity index (χ0) is 17.6. The van der Waals surface area contributed by atoms with Crippen LogP contribution in [-0.4, -0.2) is 44.7 Å². The number of rotatable bonds is 4. The van der Waals surface area contributed by atoms with Gasteiger partial charge < -0.3 is 9.88 Å². The van der Waals surface area contributed by atoms with Crippen molar-refractivity contribution in [2.45, 2.75) is 46.3 Å². The van der Waals surface area contributed by atoms with Crippen molar-refractivity contribution in [3.8, 4) is 0 Å². The first-order valence-corrected chi connectivity index (χ1v) is 9.87. The van der Waals surface area contributed by atoms with Crippen molar-refractivity contribution in [3.63, 3.8) is 0 Å². The molecular formula is C18H25N5OS. The van der Waals surface area contributed by atoms with E-state index in [0.717, 1.165) is 38.4 Å². The number of amides is 1. The van der Waals surface area contributed by atoms with Gasteiger partial charge >= 0.3 is 0 Å². The molecule has 4 rings (SSSR count). The number of thiophene rings is 1. The highest BCUT2D eigenvalue weighted by Crippen LogP contribution is 2.34. The average Bonchev–Trinajstić information content (AvgIpc) is 3.23. The molecule has 4 heterocycles. The van der Waals surface area contributed by atoms with E-state index in [0.29, 0.717) is 17.7 Å². The van der Waals surface area contributed by atoms with Crippen LogP contribution in [0, 0.1) is 18.8 Å². The zero-order valence-corrected chi connectivity index (χ0v) is 15.8. The quantitative estimate of drug-likeness (QED) is 0.908. The number of likely N-dealkylation sites (tertiary alicyclic amines) is 1. The molecule has 2 aromatic heterocycles. The number of hydrogen-bond donors (Lipinski definition) is 1. The summed E-state index contributed by atoms with van der Waals surface area (Å²) >= 11 is 1.85.